The summed E-state index contributed by atoms with van der Waals surface area (Å²) in [6.45, 7) is 11.7. The van der Waals surface area contributed by atoms with Gasteiger partial charge in [0.1, 0.15) is 11.0 Å². The maximum atomic E-state index is 13.1. The molecule has 14 heteroatoms. The number of carbonyl (C=O) groups is 1. The van der Waals surface area contributed by atoms with Gasteiger partial charge in [0.15, 0.2) is 10.8 Å². The molecule has 11 nitrogen and oxygen atoms in total. The van der Waals surface area contributed by atoms with Crippen LogP contribution in [0.25, 0.3) is 5.82 Å². The van der Waals surface area contributed by atoms with Gasteiger partial charge in [0.25, 0.3) is 15.9 Å². The minimum absolute atomic E-state index is 0.0823. The number of carbonyl (C=O) groups excluding carboxylic acids is 1. The van der Waals surface area contributed by atoms with Gasteiger partial charge >= 0.3 is 0 Å². The lowest BCUT2D eigenvalue weighted by atomic mass is 10.0. The second kappa shape index (κ2) is 11.6. The summed E-state index contributed by atoms with van der Waals surface area (Å²) >= 11 is 6.36. The monoisotopic (exact) mass is 697 g/mol. The van der Waals surface area contributed by atoms with Crippen LogP contribution in [0.3, 0.4) is 0 Å². The van der Waals surface area contributed by atoms with E-state index in [1.807, 2.05) is 0 Å². The van der Waals surface area contributed by atoms with Crippen molar-refractivity contribution in [2.45, 2.75) is 87.6 Å². The van der Waals surface area contributed by atoms with E-state index in [1.165, 1.54) is 48.9 Å². The van der Waals surface area contributed by atoms with Gasteiger partial charge in [0.05, 0.1) is 20.2 Å². The number of fused-ring (bicyclic) bond motifs is 1. The van der Waals surface area contributed by atoms with Crippen molar-refractivity contribution in [2.24, 2.45) is 16.7 Å². The Morgan fingerprint density at radius 2 is 1.85 bits per heavy atom. The van der Waals surface area contributed by atoms with Gasteiger partial charge in [-0.15, -0.1) is 5.10 Å². The first-order valence-corrected chi connectivity index (χ1v) is 21.8. The number of pyridine rings is 2. The number of nitrogens with zero attached hydrogens (tertiary/aromatic N) is 4. The molecule has 1 aliphatic heterocycles. The highest BCUT2D eigenvalue weighted by Gasteiger charge is 2.85. The molecule has 3 aliphatic carbocycles. The van der Waals surface area contributed by atoms with E-state index in [-0.39, 0.29) is 21.3 Å². The van der Waals surface area contributed by atoms with Gasteiger partial charge in [0, 0.05) is 24.3 Å². The standard InChI is InChI=1S/C33H44ClN7O4SSi/c1-31(2)20-22(21-36-31)47(3,4)19-16-35-25-6-5-7-28(37-25)46(43,44)40-30(42)23-8-9-26(38-29(23)34)41-17-10-27(39-41)45-18-11-24-32(12-13-32)33(24)14-15-33/h5-10,17,22,24,36H,11-16,18-21H2,1-4H3,(H,35,37)(H,40,42). The number of rotatable bonds is 13. The highest BCUT2D eigenvalue weighted by atomic mass is 35.5. The van der Waals surface area contributed by atoms with Crippen LogP contribution in [0.5, 0.6) is 5.88 Å². The number of anilines is 1. The Morgan fingerprint density at radius 3 is 2.51 bits per heavy atom. The molecule has 4 fully saturated rings. The topological polar surface area (TPSA) is 140 Å². The Balaban J connectivity index is 0.924. The van der Waals surface area contributed by atoms with Crippen molar-refractivity contribution in [1.82, 2.24) is 29.8 Å². The van der Waals surface area contributed by atoms with Crippen molar-refractivity contribution in [3.8, 4) is 11.7 Å². The summed E-state index contributed by atoms with van der Waals surface area (Å²) in [5.74, 6) is 1.22. The largest absolute Gasteiger partial charge is 0.477 e. The van der Waals surface area contributed by atoms with Crippen LogP contribution < -0.4 is 20.1 Å². The zero-order valence-electron chi connectivity index (χ0n) is 27.5. The summed E-state index contributed by atoms with van der Waals surface area (Å²) < 4.78 is 35.8. The molecule has 0 bridgehead atoms. The molecule has 3 aromatic heterocycles. The SMILES string of the molecule is CC1(C)CC([Si](C)(C)CCNc2cccc(S(=O)(=O)NC(=O)c3ccc(-n4ccc(OCCC5C6(CC6)C56CC6)n4)nc3Cl)n2)CN1. The summed E-state index contributed by atoms with van der Waals surface area (Å²) in [5, 5.41) is 10.9. The van der Waals surface area contributed by atoms with Crippen molar-refractivity contribution >= 4 is 41.4 Å². The Labute approximate surface area is 282 Å². The fourth-order valence-corrected chi connectivity index (χ4v) is 12.3. The van der Waals surface area contributed by atoms with Gasteiger partial charge in [-0.05, 0) is 112 Å². The number of ether oxygens (including phenoxy) is 1. The Kier molecular flexibility index (Phi) is 8.00. The highest BCUT2D eigenvalue weighted by Crippen LogP contribution is 2.93. The highest BCUT2D eigenvalue weighted by molar-refractivity contribution is 7.90. The molecule has 1 saturated heterocycles. The molecule has 1 amide bonds. The minimum atomic E-state index is -4.27. The van der Waals surface area contributed by atoms with Gasteiger partial charge < -0.3 is 15.4 Å². The lowest BCUT2D eigenvalue weighted by Crippen LogP contribution is -2.35. The normalized spacial score (nSPS) is 21.9. The van der Waals surface area contributed by atoms with Crippen molar-refractivity contribution < 1.29 is 17.9 Å². The predicted molar refractivity (Wildman–Crippen MR) is 183 cm³/mol. The molecule has 4 aliphatic rings. The number of amides is 1. The van der Waals surface area contributed by atoms with E-state index in [0.29, 0.717) is 47.0 Å². The van der Waals surface area contributed by atoms with E-state index in [1.54, 1.807) is 30.5 Å². The van der Waals surface area contributed by atoms with Gasteiger partial charge in [0.2, 0.25) is 5.88 Å². The number of sulfonamides is 1. The lowest BCUT2D eigenvalue weighted by Gasteiger charge is -2.30. The Hall–Kier alpha value is -3.00. The number of aromatic nitrogens is 4. The molecule has 1 unspecified atom stereocenters. The number of hydrogen-bond donors (Lipinski definition) is 3. The van der Waals surface area contributed by atoms with Crippen molar-refractivity contribution in [3.05, 3.63) is 53.3 Å². The predicted octanol–water partition coefficient (Wildman–Crippen LogP) is 5.66. The van der Waals surface area contributed by atoms with Crippen molar-refractivity contribution in [2.75, 3.05) is 25.0 Å². The molecule has 252 valence electrons. The van der Waals surface area contributed by atoms with Crippen LogP contribution in [0.4, 0.5) is 5.82 Å². The fourth-order valence-electron chi connectivity index (χ4n) is 8.19. The first-order chi connectivity index (χ1) is 22.2. The zero-order chi connectivity index (χ0) is 33.2. The maximum Gasteiger partial charge on any atom is 0.281 e. The van der Waals surface area contributed by atoms with Crippen LogP contribution >= 0.6 is 11.6 Å². The van der Waals surface area contributed by atoms with E-state index in [4.69, 9.17) is 16.3 Å². The summed E-state index contributed by atoms with van der Waals surface area (Å²) in [4.78, 5) is 21.6. The van der Waals surface area contributed by atoms with Gasteiger partial charge in [-0.2, -0.15) is 8.42 Å². The van der Waals surface area contributed by atoms with E-state index in [9.17, 15) is 13.2 Å². The Morgan fingerprint density at radius 1 is 1.11 bits per heavy atom. The molecule has 3 N–H and O–H groups in total. The summed E-state index contributed by atoms with van der Waals surface area (Å²) in [6, 6.07) is 10.4. The number of halogens is 1. The number of nitrogens with one attached hydrogen (secondary N) is 3. The third-order valence-corrected chi connectivity index (χ3v) is 17.0. The molecule has 4 heterocycles. The first kappa shape index (κ1) is 32.5. The van der Waals surface area contributed by atoms with E-state index in [2.05, 4.69) is 57.4 Å². The molecule has 2 spiro atoms. The second-order valence-corrected chi connectivity index (χ2v) is 22.5. The van der Waals surface area contributed by atoms with Gasteiger partial charge in [-0.1, -0.05) is 30.8 Å². The summed E-state index contributed by atoms with van der Waals surface area (Å²) in [5.41, 5.74) is 2.09. The molecule has 1 atom stereocenters. The van der Waals surface area contributed by atoms with E-state index >= 15 is 0 Å². The van der Waals surface area contributed by atoms with E-state index in [0.717, 1.165) is 24.9 Å². The molecule has 0 aromatic carbocycles. The average molecular weight is 698 g/mol. The van der Waals surface area contributed by atoms with Crippen LogP contribution in [-0.2, 0) is 10.0 Å². The van der Waals surface area contributed by atoms with Crippen LogP contribution in [-0.4, -0.2) is 67.4 Å². The third-order valence-electron chi connectivity index (χ3n) is 11.3. The quantitative estimate of drug-likeness (QED) is 0.153. The summed E-state index contributed by atoms with van der Waals surface area (Å²) in [7, 11) is -5.80. The van der Waals surface area contributed by atoms with E-state index < -0.39 is 24.0 Å². The molecular formula is C33H44ClN7O4SSi. The van der Waals surface area contributed by atoms with Crippen molar-refractivity contribution in [3.63, 3.8) is 0 Å². The second-order valence-electron chi connectivity index (χ2n) is 15.2. The Bertz CT molecular complexity index is 1790. The lowest BCUT2D eigenvalue weighted by molar-refractivity contribution is 0.0981. The zero-order valence-corrected chi connectivity index (χ0v) is 30.0. The fraction of sp³-hybridized carbons (Fsp3) is 0.576. The van der Waals surface area contributed by atoms with Crippen LogP contribution in [0.2, 0.25) is 29.8 Å². The van der Waals surface area contributed by atoms with Crippen LogP contribution in [0.15, 0.2) is 47.6 Å². The van der Waals surface area contributed by atoms with Crippen LogP contribution in [0, 0.1) is 16.7 Å². The van der Waals surface area contributed by atoms with Crippen molar-refractivity contribution in [1.29, 1.82) is 0 Å². The smallest absolute Gasteiger partial charge is 0.281 e. The summed E-state index contributed by atoms with van der Waals surface area (Å²) in [6.07, 6.45) is 9.49. The molecule has 3 aromatic rings. The molecule has 7 rings (SSSR count). The molecule has 0 radical (unpaired) electrons. The molecular weight excluding hydrogens is 654 g/mol. The average Bonchev–Trinajstić information content (AvgIpc) is 3.96. The number of hydrogen-bond acceptors (Lipinski definition) is 9. The van der Waals surface area contributed by atoms with Gasteiger partial charge in [-0.25, -0.2) is 19.4 Å². The molecule has 47 heavy (non-hydrogen) atoms. The van der Waals surface area contributed by atoms with Crippen LogP contribution in [0.1, 0.15) is 62.7 Å². The molecule has 3 saturated carbocycles. The third kappa shape index (κ3) is 6.31. The maximum absolute atomic E-state index is 13.1. The first-order valence-electron chi connectivity index (χ1n) is 16.6. The minimum Gasteiger partial charge on any atom is -0.477 e. The van der Waals surface area contributed by atoms with Gasteiger partial charge in [-0.3, -0.25) is 4.79 Å².